The highest BCUT2D eigenvalue weighted by Crippen LogP contribution is 2.34. The van der Waals surface area contributed by atoms with E-state index in [9.17, 15) is 0 Å². The molecule has 1 aromatic carbocycles. The molecule has 0 aromatic heterocycles. The van der Waals surface area contributed by atoms with E-state index in [2.05, 4.69) is 40.2 Å². The van der Waals surface area contributed by atoms with E-state index in [-0.39, 0.29) is 18.4 Å². The number of rotatable bonds is 2. The summed E-state index contributed by atoms with van der Waals surface area (Å²) in [5.74, 6) is 0.705. The van der Waals surface area contributed by atoms with E-state index in [0.717, 1.165) is 4.47 Å². The van der Waals surface area contributed by atoms with Crippen LogP contribution in [-0.2, 0) is 0 Å². The van der Waals surface area contributed by atoms with Crippen LogP contribution in [0.2, 0.25) is 0 Å². The van der Waals surface area contributed by atoms with Gasteiger partial charge < -0.3 is 5.73 Å². The second kappa shape index (κ2) is 5.88. The molecule has 0 spiro atoms. The zero-order valence-corrected chi connectivity index (χ0v) is 11.1. The third kappa shape index (κ3) is 3.20. The van der Waals surface area contributed by atoms with E-state index in [4.69, 9.17) is 5.73 Å². The molecule has 0 amide bonds. The smallest absolute Gasteiger partial charge is 0.0323 e. The monoisotopic (exact) mass is 289 g/mol. The maximum Gasteiger partial charge on any atom is 0.0323 e. The zero-order chi connectivity index (χ0) is 9.97. The molecule has 0 unspecified atom stereocenters. The molecule has 1 saturated carbocycles. The fourth-order valence-corrected chi connectivity index (χ4v) is 2.54. The molecule has 1 atom stereocenters. The highest BCUT2D eigenvalue weighted by atomic mass is 79.9. The van der Waals surface area contributed by atoms with Crippen LogP contribution in [0.4, 0.5) is 0 Å². The first-order chi connectivity index (χ1) is 6.77. The Labute approximate surface area is 106 Å². The number of hydrogen-bond acceptors (Lipinski definition) is 1. The average Bonchev–Trinajstić information content (AvgIpc) is 2.71. The van der Waals surface area contributed by atoms with Crippen LogP contribution in [0.1, 0.15) is 37.3 Å². The summed E-state index contributed by atoms with van der Waals surface area (Å²) in [5.41, 5.74) is 7.51. The zero-order valence-electron chi connectivity index (χ0n) is 8.66. The molecule has 0 bridgehead atoms. The summed E-state index contributed by atoms with van der Waals surface area (Å²) in [5, 5.41) is 0. The van der Waals surface area contributed by atoms with Crippen molar-refractivity contribution in [3.05, 3.63) is 34.3 Å². The van der Waals surface area contributed by atoms with Crippen molar-refractivity contribution in [2.75, 3.05) is 0 Å². The largest absolute Gasteiger partial charge is 0.324 e. The topological polar surface area (TPSA) is 26.0 Å². The Morgan fingerprint density at radius 3 is 2.20 bits per heavy atom. The summed E-state index contributed by atoms with van der Waals surface area (Å²) in [4.78, 5) is 0. The SMILES string of the molecule is Cl.N[C@H](c1ccc(Br)cc1)C1CCCC1. The van der Waals surface area contributed by atoms with Crippen LogP contribution in [0.5, 0.6) is 0 Å². The highest BCUT2D eigenvalue weighted by molar-refractivity contribution is 9.10. The van der Waals surface area contributed by atoms with E-state index >= 15 is 0 Å². The van der Waals surface area contributed by atoms with Gasteiger partial charge in [-0.3, -0.25) is 0 Å². The van der Waals surface area contributed by atoms with Crippen LogP contribution in [0.3, 0.4) is 0 Å². The van der Waals surface area contributed by atoms with Crippen LogP contribution >= 0.6 is 28.3 Å². The molecule has 1 aromatic rings. The fourth-order valence-electron chi connectivity index (χ4n) is 2.27. The van der Waals surface area contributed by atoms with Gasteiger partial charge in [0.2, 0.25) is 0 Å². The molecular formula is C12H17BrClN. The molecule has 1 aliphatic rings. The lowest BCUT2D eigenvalue weighted by molar-refractivity contribution is 0.445. The molecule has 1 aliphatic carbocycles. The van der Waals surface area contributed by atoms with Crippen molar-refractivity contribution in [2.45, 2.75) is 31.7 Å². The number of nitrogens with two attached hydrogens (primary N) is 1. The van der Waals surface area contributed by atoms with Crippen LogP contribution in [0.25, 0.3) is 0 Å². The van der Waals surface area contributed by atoms with Gasteiger partial charge >= 0.3 is 0 Å². The third-order valence-electron chi connectivity index (χ3n) is 3.16. The highest BCUT2D eigenvalue weighted by Gasteiger charge is 2.22. The standard InChI is InChI=1S/C12H16BrN.ClH/c13-11-7-5-10(6-8-11)12(14)9-3-1-2-4-9;/h5-9,12H,1-4,14H2;1H/t12-;/m0./s1. The van der Waals surface area contributed by atoms with Crippen molar-refractivity contribution in [3.63, 3.8) is 0 Å². The lowest BCUT2D eigenvalue weighted by Gasteiger charge is -2.19. The van der Waals surface area contributed by atoms with Gasteiger partial charge in [0.1, 0.15) is 0 Å². The minimum atomic E-state index is 0. The lowest BCUT2D eigenvalue weighted by Crippen LogP contribution is -2.18. The Balaban J connectivity index is 0.00000112. The van der Waals surface area contributed by atoms with Crippen molar-refractivity contribution in [3.8, 4) is 0 Å². The van der Waals surface area contributed by atoms with Crippen molar-refractivity contribution in [1.29, 1.82) is 0 Å². The summed E-state index contributed by atoms with van der Waals surface area (Å²) in [6.45, 7) is 0. The molecule has 0 heterocycles. The Kier molecular flexibility index (Phi) is 5.10. The third-order valence-corrected chi connectivity index (χ3v) is 3.69. The van der Waals surface area contributed by atoms with Gasteiger partial charge in [-0.2, -0.15) is 0 Å². The summed E-state index contributed by atoms with van der Waals surface area (Å²) in [6.07, 6.45) is 5.32. The minimum Gasteiger partial charge on any atom is -0.324 e. The van der Waals surface area contributed by atoms with E-state index in [1.165, 1.54) is 31.2 Å². The van der Waals surface area contributed by atoms with E-state index in [1.807, 2.05) is 0 Å². The molecule has 1 fully saturated rings. The average molecular weight is 291 g/mol. The molecular weight excluding hydrogens is 273 g/mol. The van der Waals surface area contributed by atoms with Crippen LogP contribution in [0, 0.1) is 5.92 Å². The predicted molar refractivity (Wildman–Crippen MR) is 70.3 cm³/mol. The second-order valence-corrected chi connectivity index (χ2v) is 5.04. The molecule has 15 heavy (non-hydrogen) atoms. The van der Waals surface area contributed by atoms with E-state index in [0.29, 0.717) is 5.92 Å². The Hall–Kier alpha value is -0.0500. The summed E-state index contributed by atoms with van der Waals surface area (Å²) in [6, 6.07) is 8.65. The summed E-state index contributed by atoms with van der Waals surface area (Å²) in [7, 11) is 0. The van der Waals surface area contributed by atoms with Crippen LogP contribution in [0.15, 0.2) is 28.7 Å². The Bertz CT molecular complexity index is 293. The molecule has 2 rings (SSSR count). The molecule has 1 nitrogen and oxygen atoms in total. The van der Waals surface area contributed by atoms with E-state index in [1.54, 1.807) is 0 Å². The van der Waals surface area contributed by atoms with Gasteiger partial charge in [-0.15, -0.1) is 12.4 Å². The minimum absolute atomic E-state index is 0. The summed E-state index contributed by atoms with van der Waals surface area (Å²) >= 11 is 3.44. The number of halogens is 2. The lowest BCUT2D eigenvalue weighted by atomic mass is 9.93. The molecule has 0 aliphatic heterocycles. The summed E-state index contributed by atoms with van der Waals surface area (Å²) < 4.78 is 1.12. The maximum atomic E-state index is 6.24. The van der Waals surface area contributed by atoms with Gasteiger partial charge in [-0.25, -0.2) is 0 Å². The number of benzene rings is 1. The maximum absolute atomic E-state index is 6.24. The fraction of sp³-hybridized carbons (Fsp3) is 0.500. The van der Waals surface area contributed by atoms with Gasteiger partial charge in [0.05, 0.1) is 0 Å². The van der Waals surface area contributed by atoms with Gasteiger partial charge in [0.15, 0.2) is 0 Å². The molecule has 2 N–H and O–H groups in total. The van der Waals surface area contributed by atoms with E-state index < -0.39 is 0 Å². The van der Waals surface area contributed by atoms with Gasteiger partial charge in [0.25, 0.3) is 0 Å². The first-order valence-corrected chi connectivity index (χ1v) is 6.08. The van der Waals surface area contributed by atoms with Gasteiger partial charge in [-0.1, -0.05) is 40.9 Å². The Morgan fingerprint density at radius 1 is 1.13 bits per heavy atom. The molecule has 3 heteroatoms. The predicted octanol–water partition coefficient (Wildman–Crippen LogP) is 4.06. The second-order valence-electron chi connectivity index (χ2n) is 4.12. The van der Waals surface area contributed by atoms with Crippen LogP contribution in [-0.4, -0.2) is 0 Å². The normalized spacial score (nSPS) is 18.5. The Morgan fingerprint density at radius 2 is 1.67 bits per heavy atom. The molecule has 0 saturated heterocycles. The van der Waals surface area contributed by atoms with Gasteiger partial charge in [0, 0.05) is 10.5 Å². The first kappa shape index (κ1) is 13.0. The van der Waals surface area contributed by atoms with Crippen molar-refractivity contribution in [2.24, 2.45) is 11.7 Å². The molecule has 84 valence electrons. The molecule has 0 radical (unpaired) electrons. The van der Waals surface area contributed by atoms with Crippen LogP contribution < -0.4 is 5.73 Å². The quantitative estimate of drug-likeness (QED) is 0.873. The van der Waals surface area contributed by atoms with Crippen molar-refractivity contribution < 1.29 is 0 Å². The van der Waals surface area contributed by atoms with Crippen molar-refractivity contribution >= 4 is 28.3 Å². The first-order valence-electron chi connectivity index (χ1n) is 5.28. The van der Waals surface area contributed by atoms with Gasteiger partial charge in [-0.05, 0) is 36.5 Å². The van der Waals surface area contributed by atoms with Crippen molar-refractivity contribution in [1.82, 2.24) is 0 Å². The number of hydrogen-bond donors (Lipinski definition) is 1.